The van der Waals surface area contributed by atoms with Gasteiger partial charge in [0.15, 0.2) is 23.0 Å². The number of ether oxygens (including phenoxy) is 12. The topological polar surface area (TPSA) is 137 Å². The highest BCUT2D eigenvalue weighted by Gasteiger charge is 2.24. The van der Waals surface area contributed by atoms with Crippen LogP contribution < -0.4 is 43.6 Å². The molecule has 2 N–H and O–H groups in total. The van der Waals surface area contributed by atoms with E-state index < -0.39 is 0 Å². The Morgan fingerprint density at radius 2 is 0.628 bits per heavy atom. The molecule has 0 aromatic heterocycles. The van der Waals surface area contributed by atoms with E-state index in [0.717, 1.165) is 98.8 Å². The van der Waals surface area contributed by atoms with Crippen LogP contribution in [0.4, 0.5) is 0 Å². The quantitative estimate of drug-likeness (QED) is 0.110. The first-order chi connectivity index (χ1) is 42.4. The van der Waals surface area contributed by atoms with Gasteiger partial charge < -0.3 is 62.6 Å². The molecule has 0 saturated heterocycles. The third-order valence-corrected chi connectivity index (χ3v) is 16.6. The molecule has 0 radical (unpaired) electrons. The maximum atomic E-state index is 6.98. The predicted molar refractivity (Wildman–Crippen MR) is 339 cm³/mol. The number of hydrogen-bond donors (Lipinski definition) is 1. The number of benzene rings is 6. The minimum absolute atomic E-state index is 0.304. The molecule has 6 aromatic rings. The molecule has 464 valence electrons. The number of rotatable bonds is 13. The molecule has 5 aliphatic rings. The Bertz CT molecular complexity index is 3020. The van der Waals surface area contributed by atoms with Crippen molar-refractivity contribution in [2.45, 2.75) is 124 Å². The molecule has 4 aliphatic heterocycles. The van der Waals surface area contributed by atoms with Crippen molar-refractivity contribution in [1.82, 2.24) is 0 Å². The molecule has 0 saturated carbocycles. The van der Waals surface area contributed by atoms with Crippen LogP contribution in [-0.4, -0.2) is 106 Å². The summed E-state index contributed by atoms with van der Waals surface area (Å²) < 4.78 is 78.5. The molecule has 13 heteroatoms. The summed E-state index contributed by atoms with van der Waals surface area (Å²) in [5, 5.41) is 0. The highest BCUT2D eigenvalue weighted by molar-refractivity contribution is 5.57. The molecule has 4 heterocycles. The second-order valence-electron chi connectivity index (χ2n) is 22.9. The second-order valence-corrected chi connectivity index (χ2v) is 22.9. The summed E-state index contributed by atoms with van der Waals surface area (Å²) in [5.74, 6) is 7.21. The molecule has 0 amide bonds. The SMILES string of the molecule is CCCCC(CC)Cc1ccc2c(c1)OCCOCCOc1c3cccc1Cc1cc(CN)cc4c1OCCOCCOc1cc(CC(CC)CCCC)ccc1OCCOCCOc1c(cccc1C3)Cc1cccc(c1OCCOCCO2)C4. The molecular weight excluding hydrogens is 1080 g/mol. The Labute approximate surface area is 512 Å². The molecule has 13 nitrogen and oxygen atoms in total. The van der Waals surface area contributed by atoms with E-state index >= 15 is 0 Å². The van der Waals surface area contributed by atoms with Crippen molar-refractivity contribution in [3.8, 4) is 46.0 Å². The Kier molecular flexibility index (Phi) is 25.9. The van der Waals surface area contributed by atoms with Gasteiger partial charge in [0, 0.05) is 32.2 Å². The van der Waals surface area contributed by atoms with Gasteiger partial charge in [-0.05, 0) is 110 Å². The maximum Gasteiger partial charge on any atom is 0.161 e. The lowest BCUT2D eigenvalue weighted by Crippen LogP contribution is -2.15. The van der Waals surface area contributed by atoms with Crippen molar-refractivity contribution in [2.75, 3.05) is 106 Å². The maximum absolute atomic E-state index is 6.98. The summed E-state index contributed by atoms with van der Waals surface area (Å²) in [7, 11) is 0. The third-order valence-electron chi connectivity index (χ3n) is 16.6. The van der Waals surface area contributed by atoms with E-state index in [9.17, 15) is 0 Å². The summed E-state index contributed by atoms with van der Waals surface area (Å²) >= 11 is 0. The van der Waals surface area contributed by atoms with Gasteiger partial charge in [0.25, 0.3) is 0 Å². The number of hydrogen-bond acceptors (Lipinski definition) is 13. The Morgan fingerprint density at radius 1 is 0.326 bits per heavy atom. The van der Waals surface area contributed by atoms with E-state index in [1.807, 2.05) is 12.1 Å². The van der Waals surface area contributed by atoms with Gasteiger partial charge in [-0.1, -0.05) is 158 Å². The summed E-state index contributed by atoms with van der Waals surface area (Å²) in [5.41, 5.74) is 18.2. The van der Waals surface area contributed by atoms with Crippen LogP contribution >= 0.6 is 0 Å². The third kappa shape index (κ3) is 18.8. The molecular formula is C73H95NO12. The monoisotopic (exact) mass is 1180 g/mol. The normalized spacial score (nSPS) is 16.7. The zero-order valence-corrected chi connectivity index (χ0v) is 51.9. The fraction of sp³-hybridized carbons (Fsp3) is 0.507. The average Bonchev–Trinajstić information content (AvgIpc) is 2.38. The highest BCUT2D eigenvalue weighted by Crippen LogP contribution is 2.40. The van der Waals surface area contributed by atoms with Crippen LogP contribution in [0.25, 0.3) is 0 Å². The van der Waals surface area contributed by atoms with Gasteiger partial charge in [-0.15, -0.1) is 0 Å². The lowest BCUT2D eigenvalue weighted by Gasteiger charge is -2.23. The van der Waals surface area contributed by atoms with Crippen LogP contribution in [0.1, 0.15) is 140 Å². The molecule has 12 bridgehead atoms. The van der Waals surface area contributed by atoms with Crippen LogP contribution in [-0.2, 0) is 64.0 Å². The van der Waals surface area contributed by atoms with Crippen LogP contribution in [0.2, 0.25) is 0 Å². The zero-order valence-electron chi connectivity index (χ0n) is 51.9. The molecule has 0 fully saturated rings. The standard InChI is InChI=1S/C73H95NO12/c1-5-9-14-53(7-3)42-55-22-24-66-68(46-55)81-36-28-77-32-40-85-72-61-19-13-21-63(72)51-65-45-57(52-74)44-64-50-62-20-12-18-60(71(62)84-39-31-76-27-35-80-66)48-58-16-11-17-59(49-61)70(58)83-38-30-75-26-34-79-67-25-23-56(43-54(8-4)15-10-6-2)47-69(67)82-37-29-78-33-41-86-73(64)65/h11-13,16-25,44-47,53-54H,5-10,14-15,26-43,48-52,74H2,1-4H3. The van der Waals surface area contributed by atoms with Crippen molar-refractivity contribution in [3.05, 3.63) is 164 Å². The van der Waals surface area contributed by atoms with E-state index in [1.165, 1.54) is 49.7 Å². The smallest absolute Gasteiger partial charge is 0.161 e. The van der Waals surface area contributed by atoms with E-state index in [1.54, 1.807) is 0 Å². The van der Waals surface area contributed by atoms with Crippen molar-refractivity contribution in [1.29, 1.82) is 0 Å². The molecule has 1 aliphatic carbocycles. The number of unbranched alkanes of at least 4 members (excludes halogenated alkanes) is 2. The summed E-state index contributed by atoms with van der Waals surface area (Å²) in [6.07, 6.45) is 13.6. The lowest BCUT2D eigenvalue weighted by atomic mass is 9.90. The van der Waals surface area contributed by atoms with Gasteiger partial charge >= 0.3 is 0 Å². The van der Waals surface area contributed by atoms with Gasteiger partial charge in [-0.2, -0.15) is 0 Å². The Hall–Kier alpha value is -6.48. The largest absolute Gasteiger partial charge is 0.491 e. The summed E-state index contributed by atoms with van der Waals surface area (Å²) in [4.78, 5) is 0. The van der Waals surface area contributed by atoms with E-state index in [0.29, 0.717) is 173 Å². The van der Waals surface area contributed by atoms with Crippen molar-refractivity contribution < 1.29 is 56.8 Å². The van der Waals surface area contributed by atoms with Crippen molar-refractivity contribution in [2.24, 2.45) is 17.6 Å². The fourth-order valence-electron chi connectivity index (χ4n) is 12.0. The Morgan fingerprint density at radius 3 is 0.942 bits per heavy atom. The minimum atomic E-state index is 0.304. The molecule has 2 atom stereocenters. The van der Waals surface area contributed by atoms with E-state index in [-0.39, 0.29) is 0 Å². The highest BCUT2D eigenvalue weighted by atomic mass is 16.6. The summed E-state index contributed by atoms with van der Waals surface area (Å²) in [6, 6.07) is 36.3. The fourth-order valence-corrected chi connectivity index (χ4v) is 12.0. The van der Waals surface area contributed by atoms with Crippen molar-refractivity contribution >= 4 is 0 Å². The van der Waals surface area contributed by atoms with Gasteiger partial charge in [-0.25, -0.2) is 0 Å². The first-order valence-corrected chi connectivity index (χ1v) is 32.2. The summed E-state index contributed by atoms with van der Waals surface area (Å²) in [6.45, 7) is 14.9. The molecule has 2 unspecified atom stereocenters. The second kappa shape index (κ2) is 34.8. The molecule has 11 rings (SSSR count). The van der Waals surface area contributed by atoms with Crippen LogP contribution in [0, 0.1) is 11.8 Å². The van der Waals surface area contributed by atoms with E-state index in [4.69, 9.17) is 62.6 Å². The first kappa shape index (κ1) is 64.0. The van der Waals surface area contributed by atoms with Gasteiger partial charge in [0.2, 0.25) is 0 Å². The number of para-hydroxylation sites is 3. The zero-order chi connectivity index (χ0) is 59.6. The van der Waals surface area contributed by atoms with Crippen LogP contribution in [0.15, 0.2) is 103 Å². The molecule has 6 aromatic carbocycles. The number of nitrogens with two attached hydrogens (primary N) is 1. The molecule has 0 spiro atoms. The van der Waals surface area contributed by atoms with E-state index in [2.05, 4.69) is 119 Å². The van der Waals surface area contributed by atoms with Crippen LogP contribution in [0.3, 0.4) is 0 Å². The van der Waals surface area contributed by atoms with Gasteiger partial charge in [0.1, 0.15) is 75.9 Å². The van der Waals surface area contributed by atoms with Gasteiger partial charge in [-0.3, -0.25) is 0 Å². The van der Waals surface area contributed by atoms with Gasteiger partial charge in [0.05, 0.1) is 52.9 Å². The Balaban J connectivity index is 1.06. The van der Waals surface area contributed by atoms with Crippen molar-refractivity contribution in [3.63, 3.8) is 0 Å². The minimum Gasteiger partial charge on any atom is -0.491 e. The molecule has 86 heavy (non-hydrogen) atoms. The average molecular weight is 1180 g/mol. The lowest BCUT2D eigenvalue weighted by molar-refractivity contribution is 0.0695. The first-order valence-electron chi connectivity index (χ1n) is 32.2. The van der Waals surface area contributed by atoms with Crippen LogP contribution in [0.5, 0.6) is 46.0 Å². The predicted octanol–water partition coefficient (Wildman–Crippen LogP) is 13.9. The number of fused-ring (bicyclic) bond motifs is 24.